The largest absolute Gasteiger partial charge is 0.313 e. The summed E-state index contributed by atoms with van der Waals surface area (Å²) in [7, 11) is -2.98. The van der Waals surface area contributed by atoms with Crippen LogP contribution in [0.5, 0.6) is 0 Å². The first-order valence-electron chi connectivity index (χ1n) is 7.28. The highest BCUT2D eigenvalue weighted by molar-refractivity contribution is 7.92. The lowest BCUT2D eigenvalue weighted by Gasteiger charge is -2.23. The van der Waals surface area contributed by atoms with E-state index in [1.165, 1.54) is 44.9 Å². The second-order valence-electron chi connectivity index (χ2n) is 6.43. The summed E-state index contributed by atoms with van der Waals surface area (Å²) in [4.78, 5) is 0. The van der Waals surface area contributed by atoms with Gasteiger partial charge in [0, 0.05) is 12.6 Å². The first kappa shape index (κ1) is 16.0. The molecule has 1 aliphatic rings. The van der Waals surface area contributed by atoms with Crippen molar-refractivity contribution in [3.05, 3.63) is 0 Å². The van der Waals surface area contributed by atoms with Crippen molar-refractivity contribution in [2.45, 2.75) is 76.5 Å². The van der Waals surface area contributed by atoms with E-state index in [-0.39, 0.29) is 5.75 Å². The normalized spacial score (nSPS) is 20.4. The lowest BCUT2D eigenvalue weighted by Crippen LogP contribution is -2.38. The van der Waals surface area contributed by atoms with E-state index in [0.717, 1.165) is 0 Å². The molecule has 0 heterocycles. The van der Waals surface area contributed by atoms with E-state index in [1.807, 2.05) is 0 Å². The first-order valence-corrected chi connectivity index (χ1v) is 8.94. The Morgan fingerprint density at radius 1 is 1.00 bits per heavy atom. The molecular weight excluding hydrogens is 246 g/mol. The predicted molar refractivity (Wildman–Crippen MR) is 77.6 cm³/mol. The molecular formula is C14H29NO2S. The Morgan fingerprint density at radius 2 is 1.50 bits per heavy atom. The Kier molecular flexibility index (Phi) is 6.12. The summed E-state index contributed by atoms with van der Waals surface area (Å²) in [5.41, 5.74) is 0. The van der Waals surface area contributed by atoms with Crippen LogP contribution in [0, 0.1) is 0 Å². The summed E-state index contributed by atoms with van der Waals surface area (Å²) in [6, 6.07) is 0.528. The van der Waals surface area contributed by atoms with E-state index < -0.39 is 14.6 Å². The molecule has 0 aromatic heterocycles. The van der Waals surface area contributed by atoms with Crippen LogP contribution in [0.4, 0.5) is 0 Å². The van der Waals surface area contributed by atoms with Crippen LogP contribution in [0.1, 0.15) is 65.7 Å². The van der Waals surface area contributed by atoms with Crippen LogP contribution in [0.2, 0.25) is 0 Å². The van der Waals surface area contributed by atoms with Gasteiger partial charge < -0.3 is 5.32 Å². The van der Waals surface area contributed by atoms with Crippen molar-refractivity contribution in [2.24, 2.45) is 0 Å². The van der Waals surface area contributed by atoms with Crippen molar-refractivity contribution in [1.82, 2.24) is 5.32 Å². The maximum absolute atomic E-state index is 12.0. The Hall–Kier alpha value is -0.0900. The van der Waals surface area contributed by atoms with Crippen LogP contribution < -0.4 is 5.32 Å². The second kappa shape index (κ2) is 6.90. The molecule has 0 amide bonds. The molecule has 0 aromatic carbocycles. The quantitative estimate of drug-likeness (QED) is 0.858. The van der Waals surface area contributed by atoms with Gasteiger partial charge in [-0.15, -0.1) is 0 Å². The molecule has 0 aromatic rings. The first-order chi connectivity index (χ1) is 8.33. The van der Waals surface area contributed by atoms with Crippen molar-refractivity contribution in [3.63, 3.8) is 0 Å². The number of nitrogens with one attached hydrogen (secondary N) is 1. The lowest BCUT2D eigenvalue weighted by molar-refractivity contribution is 0.396. The highest BCUT2D eigenvalue weighted by atomic mass is 32.2. The Bertz CT molecular complexity index is 322. The van der Waals surface area contributed by atoms with Gasteiger partial charge in [-0.3, -0.25) is 0 Å². The van der Waals surface area contributed by atoms with Crippen molar-refractivity contribution < 1.29 is 8.42 Å². The molecule has 1 saturated carbocycles. The Labute approximate surface area is 113 Å². The van der Waals surface area contributed by atoms with Crippen LogP contribution in [0.25, 0.3) is 0 Å². The van der Waals surface area contributed by atoms with Crippen LogP contribution >= 0.6 is 0 Å². The average Bonchev–Trinajstić information content (AvgIpc) is 2.19. The van der Waals surface area contributed by atoms with Gasteiger partial charge in [0.1, 0.15) is 0 Å². The number of hydrogen-bond acceptors (Lipinski definition) is 3. The highest BCUT2D eigenvalue weighted by Gasteiger charge is 2.28. The molecule has 0 spiro atoms. The van der Waals surface area contributed by atoms with Crippen molar-refractivity contribution >= 4 is 9.84 Å². The molecule has 18 heavy (non-hydrogen) atoms. The topological polar surface area (TPSA) is 46.2 Å². The molecule has 0 atom stereocenters. The maximum atomic E-state index is 12.0. The second-order valence-corrected chi connectivity index (χ2v) is 9.29. The Morgan fingerprint density at radius 3 is 2.00 bits per heavy atom. The molecule has 3 nitrogen and oxygen atoms in total. The molecule has 108 valence electrons. The van der Waals surface area contributed by atoms with Gasteiger partial charge in [0.15, 0.2) is 9.84 Å². The van der Waals surface area contributed by atoms with Gasteiger partial charge in [-0.05, 0) is 33.6 Å². The summed E-state index contributed by atoms with van der Waals surface area (Å²) < 4.78 is 23.3. The zero-order valence-corrected chi connectivity index (χ0v) is 13.0. The fourth-order valence-electron chi connectivity index (χ4n) is 2.36. The van der Waals surface area contributed by atoms with E-state index in [9.17, 15) is 8.42 Å². The van der Waals surface area contributed by atoms with Gasteiger partial charge in [0.25, 0.3) is 0 Å². The van der Waals surface area contributed by atoms with Gasteiger partial charge in [0.2, 0.25) is 0 Å². The molecule has 0 unspecified atom stereocenters. The third-order valence-corrected chi connectivity index (χ3v) is 6.45. The van der Waals surface area contributed by atoms with Crippen molar-refractivity contribution in [3.8, 4) is 0 Å². The van der Waals surface area contributed by atoms with Crippen LogP contribution in [-0.4, -0.2) is 31.5 Å². The monoisotopic (exact) mass is 275 g/mol. The van der Waals surface area contributed by atoms with Gasteiger partial charge >= 0.3 is 0 Å². The van der Waals surface area contributed by atoms with Crippen LogP contribution in [-0.2, 0) is 9.84 Å². The summed E-state index contributed by atoms with van der Waals surface area (Å²) >= 11 is 0. The molecule has 1 aliphatic carbocycles. The molecule has 4 heteroatoms. The standard InChI is InChI=1S/C14H29NO2S/c1-14(2,3)18(16,17)12-11-15-13-9-7-5-4-6-8-10-13/h13,15H,4-12H2,1-3H3. The predicted octanol–water partition coefficient (Wildman–Crippen LogP) is 2.90. The fraction of sp³-hybridized carbons (Fsp3) is 1.00. The van der Waals surface area contributed by atoms with E-state index in [4.69, 9.17) is 0 Å². The SMILES string of the molecule is CC(C)(C)S(=O)(=O)CCNC1CCCCCCC1. The molecule has 0 aliphatic heterocycles. The van der Waals surface area contributed by atoms with Gasteiger partial charge in [-0.25, -0.2) is 8.42 Å². The number of sulfone groups is 1. The summed E-state index contributed by atoms with van der Waals surface area (Å²) in [6.45, 7) is 5.93. The minimum atomic E-state index is -2.98. The fourth-order valence-corrected chi connectivity index (χ4v) is 3.36. The molecule has 0 radical (unpaired) electrons. The minimum Gasteiger partial charge on any atom is -0.313 e. The van der Waals surface area contributed by atoms with E-state index in [0.29, 0.717) is 12.6 Å². The van der Waals surface area contributed by atoms with Crippen molar-refractivity contribution in [1.29, 1.82) is 0 Å². The summed E-state index contributed by atoms with van der Waals surface area (Å²) in [5, 5.41) is 3.44. The van der Waals surface area contributed by atoms with E-state index in [2.05, 4.69) is 5.32 Å². The summed E-state index contributed by atoms with van der Waals surface area (Å²) in [6.07, 6.45) is 9.00. The van der Waals surface area contributed by atoms with Crippen LogP contribution in [0.3, 0.4) is 0 Å². The van der Waals surface area contributed by atoms with Gasteiger partial charge in [-0.1, -0.05) is 32.1 Å². The maximum Gasteiger partial charge on any atom is 0.156 e. The molecule has 0 bridgehead atoms. The average molecular weight is 275 g/mol. The van der Waals surface area contributed by atoms with E-state index in [1.54, 1.807) is 20.8 Å². The number of hydrogen-bond donors (Lipinski definition) is 1. The molecule has 1 N–H and O–H groups in total. The zero-order valence-electron chi connectivity index (χ0n) is 12.2. The minimum absolute atomic E-state index is 0.257. The summed E-state index contributed by atoms with van der Waals surface area (Å²) in [5.74, 6) is 0.257. The third-order valence-electron chi connectivity index (χ3n) is 3.84. The lowest BCUT2D eigenvalue weighted by atomic mass is 9.97. The Balaban J connectivity index is 2.32. The van der Waals surface area contributed by atoms with Crippen LogP contribution in [0.15, 0.2) is 0 Å². The molecule has 0 saturated heterocycles. The smallest absolute Gasteiger partial charge is 0.156 e. The zero-order chi connectivity index (χ0) is 13.6. The highest BCUT2D eigenvalue weighted by Crippen LogP contribution is 2.18. The molecule has 1 rings (SSSR count). The van der Waals surface area contributed by atoms with Gasteiger partial charge in [-0.2, -0.15) is 0 Å². The number of rotatable bonds is 4. The third kappa shape index (κ3) is 5.27. The van der Waals surface area contributed by atoms with Crippen molar-refractivity contribution in [2.75, 3.05) is 12.3 Å². The van der Waals surface area contributed by atoms with Gasteiger partial charge in [0.05, 0.1) is 10.5 Å². The molecule has 1 fully saturated rings. The van der Waals surface area contributed by atoms with E-state index >= 15 is 0 Å².